The van der Waals surface area contributed by atoms with Gasteiger partial charge in [-0.25, -0.2) is 4.79 Å². The molecule has 0 atom stereocenters. The smallest absolute Gasteiger partial charge is 0.335 e. The van der Waals surface area contributed by atoms with Gasteiger partial charge in [0.1, 0.15) is 5.75 Å². The highest BCUT2D eigenvalue weighted by Crippen LogP contribution is 2.18. The normalized spacial score (nSPS) is 10.1. The molecule has 0 aliphatic heterocycles. The van der Waals surface area contributed by atoms with Crippen LogP contribution in [0.3, 0.4) is 0 Å². The lowest BCUT2D eigenvalue weighted by Gasteiger charge is -2.09. The number of methoxy groups -OCH3 is 1. The Hall–Kier alpha value is -1.55. The molecule has 88 valence electrons. The Morgan fingerprint density at radius 3 is 2.75 bits per heavy atom. The van der Waals surface area contributed by atoms with Crippen molar-refractivity contribution in [2.45, 2.75) is 13.3 Å². The second kappa shape index (κ2) is 6.12. The Bertz CT molecular complexity index is 360. The number of carbonyl (C=O) groups is 1. The topological polar surface area (TPSA) is 55.8 Å². The van der Waals surface area contributed by atoms with Crippen molar-refractivity contribution >= 4 is 5.97 Å². The fourth-order valence-electron chi connectivity index (χ4n) is 1.45. The number of hydrogen-bond donors (Lipinski definition) is 1. The molecule has 0 unspecified atom stereocenters. The molecule has 0 saturated carbocycles. The van der Waals surface area contributed by atoms with Gasteiger partial charge in [-0.1, -0.05) is 0 Å². The number of rotatable bonds is 6. The minimum absolute atomic E-state index is 0.306. The largest absolute Gasteiger partial charge is 0.494 e. The molecule has 0 fully saturated rings. The van der Waals surface area contributed by atoms with Crippen LogP contribution < -0.4 is 4.74 Å². The van der Waals surface area contributed by atoms with E-state index in [1.165, 1.54) is 0 Å². The van der Waals surface area contributed by atoms with E-state index < -0.39 is 5.97 Å². The number of hydrogen-bond acceptors (Lipinski definition) is 3. The minimum Gasteiger partial charge on any atom is -0.494 e. The predicted octanol–water partition coefficient (Wildman–Crippen LogP) is 1.97. The van der Waals surface area contributed by atoms with Gasteiger partial charge in [0.15, 0.2) is 0 Å². The molecule has 1 aromatic rings. The average molecular weight is 224 g/mol. The van der Waals surface area contributed by atoms with Crippen LogP contribution >= 0.6 is 0 Å². The highest BCUT2D eigenvalue weighted by molar-refractivity contribution is 5.89. The van der Waals surface area contributed by atoms with Gasteiger partial charge >= 0.3 is 5.97 Å². The Kier molecular flexibility index (Phi) is 4.79. The van der Waals surface area contributed by atoms with Gasteiger partial charge in [-0.3, -0.25) is 0 Å². The van der Waals surface area contributed by atoms with Crippen LogP contribution in [0.1, 0.15) is 22.8 Å². The molecule has 0 saturated heterocycles. The van der Waals surface area contributed by atoms with Gasteiger partial charge in [0.05, 0.1) is 18.8 Å². The summed E-state index contributed by atoms with van der Waals surface area (Å²) in [6.07, 6.45) is 0.568. The lowest BCUT2D eigenvalue weighted by atomic mass is 10.0. The van der Waals surface area contributed by atoms with Gasteiger partial charge in [-0.15, -0.1) is 0 Å². The SMILES string of the molecule is CCOc1ccc(C(=O)O)c(CCOC)c1. The molecule has 0 heterocycles. The second-order valence-electron chi connectivity index (χ2n) is 3.30. The summed E-state index contributed by atoms with van der Waals surface area (Å²) in [5, 5.41) is 9.00. The highest BCUT2D eigenvalue weighted by Gasteiger charge is 2.10. The quantitative estimate of drug-likeness (QED) is 0.802. The van der Waals surface area contributed by atoms with E-state index in [2.05, 4.69) is 0 Å². The second-order valence-corrected chi connectivity index (χ2v) is 3.30. The number of ether oxygens (including phenoxy) is 2. The number of carboxylic acid groups (broad SMARTS) is 1. The van der Waals surface area contributed by atoms with Crippen LogP contribution in [0.15, 0.2) is 18.2 Å². The molecule has 0 radical (unpaired) electrons. The third-order valence-electron chi connectivity index (χ3n) is 2.19. The average Bonchev–Trinajstić information content (AvgIpc) is 2.26. The van der Waals surface area contributed by atoms with Crippen molar-refractivity contribution in [1.29, 1.82) is 0 Å². The summed E-state index contributed by atoms with van der Waals surface area (Å²) in [6, 6.07) is 4.99. The molecule has 0 amide bonds. The zero-order valence-electron chi connectivity index (χ0n) is 9.53. The summed E-state index contributed by atoms with van der Waals surface area (Å²) in [7, 11) is 1.59. The van der Waals surface area contributed by atoms with E-state index in [-0.39, 0.29) is 0 Å². The lowest BCUT2D eigenvalue weighted by molar-refractivity contribution is 0.0695. The van der Waals surface area contributed by atoms with Crippen molar-refractivity contribution in [3.63, 3.8) is 0 Å². The van der Waals surface area contributed by atoms with Crippen LogP contribution in [-0.4, -0.2) is 31.4 Å². The van der Waals surface area contributed by atoms with Crippen LogP contribution in [0, 0.1) is 0 Å². The van der Waals surface area contributed by atoms with E-state index in [9.17, 15) is 4.79 Å². The van der Waals surface area contributed by atoms with E-state index in [4.69, 9.17) is 14.6 Å². The van der Waals surface area contributed by atoms with E-state index in [1.54, 1.807) is 25.3 Å². The first-order valence-electron chi connectivity index (χ1n) is 5.17. The molecule has 1 rings (SSSR count). The van der Waals surface area contributed by atoms with Crippen molar-refractivity contribution in [2.75, 3.05) is 20.3 Å². The van der Waals surface area contributed by atoms with Crippen molar-refractivity contribution in [3.8, 4) is 5.75 Å². The number of carboxylic acids is 1. The first-order chi connectivity index (χ1) is 7.69. The Labute approximate surface area is 94.8 Å². The Morgan fingerprint density at radius 1 is 1.44 bits per heavy atom. The Balaban J connectivity index is 2.95. The molecule has 16 heavy (non-hydrogen) atoms. The summed E-state index contributed by atoms with van der Waals surface area (Å²) >= 11 is 0. The van der Waals surface area contributed by atoms with Crippen LogP contribution in [0.25, 0.3) is 0 Å². The molecule has 0 aliphatic rings. The molecule has 4 heteroatoms. The van der Waals surface area contributed by atoms with Gasteiger partial charge < -0.3 is 14.6 Å². The third-order valence-corrected chi connectivity index (χ3v) is 2.19. The monoisotopic (exact) mass is 224 g/mol. The third kappa shape index (κ3) is 3.24. The molecular weight excluding hydrogens is 208 g/mol. The zero-order chi connectivity index (χ0) is 12.0. The van der Waals surface area contributed by atoms with E-state index in [0.717, 1.165) is 5.56 Å². The first kappa shape index (κ1) is 12.5. The summed E-state index contributed by atoms with van der Waals surface area (Å²) in [5.74, 6) is -0.229. The maximum Gasteiger partial charge on any atom is 0.335 e. The highest BCUT2D eigenvalue weighted by atomic mass is 16.5. The maximum absolute atomic E-state index is 11.0. The molecule has 1 aromatic carbocycles. The lowest BCUT2D eigenvalue weighted by Crippen LogP contribution is -2.06. The summed E-state index contributed by atoms with van der Waals surface area (Å²) in [4.78, 5) is 11.0. The van der Waals surface area contributed by atoms with Crippen LogP contribution in [0.2, 0.25) is 0 Å². The molecule has 1 N–H and O–H groups in total. The maximum atomic E-state index is 11.0. The first-order valence-corrected chi connectivity index (χ1v) is 5.17. The standard InChI is InChI=1S/C12H16O4/c1-3-16-10-4-5-11(12(13)14)9(8-10)6-7-15-2/h4-5,8H,3,6-7H2,1-2H3,(H,13,14). The Morgan fingerprint density at radius 2 is 2.19 bits per heavy atom. The summed E-state index contributed by atoms with van der Waals surface area (Å²) in [6.45, 7) is 2.95. The van der Waals surface area contributed by atoms with Crippen LogP contribution in [0.4, 0.5) is 0 Å². The van der Waals surface area contributed by atoms with Gasteiger partial charge in [0.25, 0.3) is 0 Å². The van der Waals surface area contributed by atoms with Gasteiger partial charge in [0, 0.05) is 7.11 Å². The van der Waals surface area contributed by atoms with Crippen molar-refractivity contribution in [1.82, 2.24) is 0 Å². The van der Waals surface area contributed by atoms with Gasteiger partial charge in [0.2, 0.25) is 0 Å². The summed E-state index contributed by atoms with van der Waals surface area (Å²) < 4.78 is 10.3. The molecule has 0 spiro atoms. The van der Waals surface area contributed by atoms with Crippen LogP contribution in [-0.2, 0) is 11.2 Å². The van der Waals surface area contributed by atoms with E-state index in [1.807, 2.05) is 6.92 Å². The molecular formula is C12H16O4. The molecule has 0 bridgehead atoms. The minimum atomic E-state index is -0.922. The predicted molar refractivity (Wildman–Crippen MR) is 60.2 cm³/mol. The number of aromatic carboxylic acids is 1. The molecule has 4 nitrogen and oxygen atoms in total. The van der Waals surface area contributed by atoms with Crippen LogP contribution in [0.5, 0.6) is 5.75 Å². The summed E-state index contributed by atoms with van der Waals surface area (Å²) in [5.41, 5.74) is 1.04. The number of benzene rings is 1. The van der Waals surface area contributed by atoms with E-state index in [0.29, 0.717) is 30.9 Å². The van der Waals surface area contributed by atoms with Crippen molar-refractivity contribution < 1.29 is 19.4 Å². The fourth-order valence-corrected chi connectivity index (χ4v) is 1.45. The molecule has 0 aromatic heterocycles. The van der Waals surface area contributed by atoms with E-state index >= 15 is 0 Å². The zero-order valence-corrected chi connectivity index (χ0v) is 9.53. The van der Waals surface area contributed by atoms with Gasteiger partial charge in [-0.05, 0) is 37.1 Å². The van der Waals surface area contributed by atoms with Crippen molar-refractivity contribution in [3.05, 3.63) is 29.3 Å². The fraction of sp³-hybridized carbons (Fsp3) is 0.417. The van der Waals surface area contributed by atoms with Crippen molar-refractivity contribution in [2.24, 2.45) is 0 Å². The molecule has 0 aliphatic carbocycles. The van der Waals surface area contributed by atoms with Gasteiger partial charge in [-0.2, -0.15) is 0 Å².